The van der Waals surface area contributed by atoms with E-state index in [1.165, 1.54) is 0 Å². The minimum atomic E-state index is -1.34. The lowest BCUT2D eigenvalue weighted by atomic mass is 9.84. The molecule has 2 nitrogen and oxygen atoms in total. The molecule has 0 radical (unpaired) electrons. The summed E-state index contributed by atoms with van der Waals surface area (Å²) >= 11 is 0. The van der Waals surface area contributed by atoms with Crippen molar-refractivity contribution < 1.29 is 9.18 Å². The predicted molar refractivity (Wildman–Crippen MR) is 70.7 cm³/mol. The van der Waals surface area contributed by atoms with Crippen molar-refractivity contribution in [2.24, 2.45) is 5.92 Å². The van der Waals surface area contributed by atoms with Crippen molar-refractivity contribution in [3.63, 3.8) is 0 Å². The number of carbonyl (C=O) groups is 1. The maximum atomic E-state index is 14.4. The van der Waals surface area contributed by atoms with Crippen LogP contribution in [0.3, 0.4) is 0 Å². The Morgan fingerprint density at radius 3 is 2.35 bits per heavy atom. The summed E-state index contributed by atoms with van der Waals surface area (Å²) < 4.78 is 14.4. The van der Waals surface area contributed by atoms with Crippen LogP contribution in [-0.4, -0.2) is 17.6 Å². The molecule has 0 fully saturated rings. The molecule has 0 aliphatic rings. The lowest BCUT2D eigenvalue weighted by Crippen LogP contribution is -2.49. The van der Waals surface area contributed by atoms with Crippen LogP contribution in [0.25, 0.3) is 0 Å². The number of halogens is 1. The fraction of sp³-hybridized carbons (Fsp3) is 0.929. The highest BCUT2D eigenvalue weighted by molar-refractivity contribution is 5.76. The molecule has 3 atom stereocenters. The summed E-state index contributed by atoms with van der Waals surface area (Å²) in [6, 6.07) is -0.424. The van der Waals surface area contributed by atoms with Crippen LogP contribution in [0.2, 0.25) is 0 Å². The van der Waals surface area contributed by atoms with Crippen LogP contribution in [0.4, 0.5) is 4.39 Å². The van der Waals surface area contributed by atoms with Gasteiger partial charge >= 0.3 is 0 Å². The van der Waals surface area contributed by atoms with Gasteiger partial charge in [0, 0.05) is 6.42 Å². The largest absolute Gasteiger partial charge is 0.350 e. The molecule has 102 valence electrons. The third-order valence-electron chi connectivity index (χ3n) is 3.81. The van der Waals surface area contributed by atoms with E-state index in [4.69, 9.17) is 0 Å². The van der Waals surface area contributed by atoms with Gasteiger partial charge in [0.2, 0.25) is 5.91 Å². The van der Waals surface area contributed by atoms with Crippen LogP contribution in [0, 0.1) is 5.92 Å². The number of hydrogen-bond acceptors (Lipinski definition) is 1. The lowest BCUT2D eigenvalue weighted by molar-refractivity contribution is -0.123. The molecule has 0 aliphatic carbocycles. The normalized spacial score (nSPS) is 18.2. The van der Waals surface area contributed by atoms with E-state index in [0.29, 0.717) is 6.42 Å². The first-order valence-electron chi connectivity index (χ1n) is 6.84. The highest BCUT2D eigenvalue weighted by Crippen LogP contribution is 2.28. The molecule has 0 spiro atoms. The second-order valence-electron chi connectivity index (χ2n) is 5.21. The summed E-state index contributed by atoms with van der Waals surface area (Å²) in [4.78, 5) is 11.6. The lowest BCUT2D eigenvalue weighted by Gasteiger charge is -2.33. The molecule has 1 amide bonds. The molecule has 0 aliphatic heterocycles. The van der Waals surface area contributed by atoms with E-state index >= 15 is 0 Å². The van der Waals surface area contributed by atoms with Gasteiger partial charge < -0.3 is 5.32 Å². The van der Waals surface area contributed by atoms with Crippen molar-refractivity contribution in [2.45, 2.75) is 78.4 Å². The van der Waals surface area contributed by atoms with E-state index in [-0.39, 0.29) is 11.8 Å². The second-order valence-corrected chi connectivity index (χ2v) is 5.21. The van der Waals surface area contributed by atoms with Crippen LogP contribution in [-0.2, 0) is 4.79 Å². The van der Waals surface area contributed by atoms with Gasteiger partial charge in [0.25, 0.3) is 0 Å². The quantitative estimate of drug-likeness (QED) is 0.647. The average Bonchev–Trinajstić information content (AvgIpc) is 2.28. The van der Waals surface area contributed by atoms with E-state index in [1.807, 2.05) is 13.8 Å². The monoisotopic (exact) mass is 245 g/mol. The zero-order valence-electron chi connectivity index (χ0n) is 12.0. The van der Waals surface area contributed by atoms with Gasteiger partial charge in [-0.1, -0.05) is 40.0 Å². The number of nitrogens with one attached hydrogen (secondary N) is 1. The Hall–Kier alpha value is -0.600. The molecule has 0 saturated carbocycles. The maximum Gasteiger partial charge on any atom is 0.220 e. The number of unbranched alkanes of at least 4 members (excludes halogenated alkanes) is 2. The van der Waals surface area contributed by atoms with Crippen LogP contribution >= 0.6 is 0 Å². The van der Waals surface area contributed by atoms with Crippen LogP contribution in [0.15, 0.2) is 0 Å². The van der Waals surface area contributed by atoms with Gasteiger partial charge in [-0.2, -0.15) is 0 Å². The van der Waals surface area contributed by atoms with E-state index in [1.54, 1.807) is 13.8 Å². The van der Waals surface area contributed by atoms with Crippen LogP contribution < -0.4 is 5.32 Å². The molecular formula is C14H28FNO. The van der Waals surface area contributed by atoms with Gasteiger partial charge in [-0.15, -0.1) is 0 Å². The Morgan fingerprint density at radius 1 is 1.29 bits per heavy atom. The van der Waals surface area contributed by atoms with Crippen LogP contribution in [0.5, 0.6) is 0 Å². The Kier molecular flexibility index (Phi) is 7.40. The molecule has 3 unspecified atom stereocenters. The third kappa shape index (κ3) is 5.51. The van der Waals surface area contributed by atoms with E-state index in [0.717, 1.165) is 25.7 Å². The molecule has 0 heterocycles. The summed E-state index contributed by atoms with van der Waals surface area (Å²) in [6.07, 6.45) is 4.33. The fourth-order valence-electron chi connectivity index (χ4n) is 1.82. The number of hydrogen-bond donors (Lipinski definition) is 1. The summed E-state index contributed by atoms with van der Waals surface area (Å²) in [6.45, 7) is 9.29. The van der Waals surface area contributed by atoms with Gasteiger partial charge in [0.1, 0.15) is 5.67 Å². The third-order valence-corrected chi connectivity index (χ3v) is 3.81. The van der Waals surface area contributed by atoms with E-state index < -0.39 is 11.7 Å². The smallest absolute Gasteiger partial charge is 0.220 e. The van der Waals surface area contributed by atoms with E-state index in [2.05, 4.69) is 12.2 Å². The summed E-state index contributed by atoms with van der Waals surface area (Å²) in [5.41, 5.74) is -1.34. The Balaban J connectivity index is 4.14. The maximum absolute atomic E-state index is 14.4. The van der Waals surface area contributed by atoms with Crippen molar-refractivity contribution in [1.29, 1.82) is 0 Å². The fourth-order valence-corrected chi connectivity index (χ4v) is 1.82. The molecule has 3 heteroatoms. The van der Waals surface area contributed by atoms with Gasteiger partial charge in [-0.3, -0.25) is 4.79 Å². The number of alkyl halides is 1. The first-order chi connectivity index (χ1) is 7.86. The first-order valence-corrected chi connectivity index (χ1v) is 6.84. The Morgan fingerprint density at radius 2 is 1.88 bits per heavy atom. The molecule has 0 saturated heterocycles. The summed E-state index contributed by atoms with van der Waals surface area (Å²) in [7, 11) is 0. The molecule has 17 heavy (non-hydrogen) atoms. The minimum absolute atomic E-state index is 0.0295. The summed E-state index contributed by atoms with van der Waals surface area (Å²) in [5.74, 6) is -0.0773. The molecule has 1 N–H and O–H groups in total. The predicted octanol–water partition coefficient (Wildman–Crippen LogP) is 3.85. The Bertz CT molecular complexity index is 228. The van der Waals surface area contributed by atoms with E-state index in [9.17, 15) is 9.18 Å². The zero-order valence-corrected chi connectivity index (χ0v) is 12.0. The molecule has 0 aromatic heterocycles. The van der Waals surface area contributed by atoms with Crippen molar-refractivity contribution in [3.8, 4) is 0 Å². The number of rotatable bonds is 8. The SMILES string of the molecule is CCCCCC(=O)NC(C)C(C)(F)C(C)CC. The number of amides is 1. The van der Waals surface area contributed by atoms with Crippen molar-refractivity contribution in [3.05, 3.63) is 0 Å². The Labute approximate surface area is 105 Å². The topological polar surface area (TPSA) is 29.1 Å². The van der Waals surface area contributed by atoms with Gasteiger partial charge in [-0.25, -0.2) is 4.39 Å². The average molecular weight is 245 g/mol. The van der Waals surface area contributed by atoms with Crippen molar-refractivity contribution in [1.82, 2.24) is 5.32 Å². The molecule has 0 rings (SSSR count). The molecular weight excluding hydrogens is 217 g/mol. The highest BCUT2D eigenvalue weighted by Gasteiger charge is 2.36. The molecule has 0 bridgehead atoms. The highest BCUT2D eigenvalue weighted by atomic mass is 19.1. The van der Waals surface area contributed by atoms with Gasteiger partial charge in [0.15, 0.2) is 0 Å². The van der Waals surface area contributed by atoms with Gasteiger partial charge in [-0.05, 0) is 26.2 Å². The second kappa shape index (κ2) is 7.67. The number of carbonyl (C=O) groups excluding carboxylic acids is 1. The standard InChI is InChI=1S/C14H28FNO/c1-6-8-9-10-13(17)16-12(4)14(5,15)11(3)7-2/h11-12H,6-10H2,1-5H3,(H,16,17). The molecule has 0 aromatic carbocycles. The molecule has 0 aromatic rings. The minimum Gasteiger partial charge on any atom is -0.350 e. The van der Waals surface area contributed by atoms with Crippen molar-refractivity contribution >= 4 is 5.91 Å². The zero-order chi connectivity index (χ0) is 13.5. The van der Waals surface area contributed by atoms with Crippen molar-refractivity contribution in [2.75, 3.05) is 0 Å². The first kappa shape index (κ1) is 16.4. The van der Waals surface area contributed by atoms with Gasteiger partial charge in [0.05, 0.1) is 6.04 Å². The van der Waals surface area contributed by atoms with Crippen LogP contribution in [0.1, 0.15) is 66.7 Å². The summed E-state index contributed by atoms with van der Waals surface area (Å²) in [5, 5.41) is 2.78.